The smallest absolute Gasteiger partial charge is 0.162 e. The molecule has 0 amide bonds. The molecule has 190 valence electrons. The monoisotopic (exact) mass is 472 g/mol. The highest BCUT2D eigenvalue weighted by Gasteiger charge is 2.37. The van der Waals surface area contributed by atoms with Gasteiger partial charge in [0.2, 0.25) is 0 Å². The van der Waals surface area contributed by atoms with Crippen LogP contribution in [0.1, 0.15) is 115 Å². The van der Waals surface area contributed by atoms with Gasteiger partial charge in [-0.3, -0.25) is 0 Å². The van der Waals surface area contributed by atoms with Crippen molar-refractivity contribution in [2.45, 2.75) is 122 Å². The first kappa shape index (κ1) is 24.6. The largest absolute Gasteiger partial charge is 0.490 e. The van der Waals surface area contributed by atoms with E-state index in [9.17, 15) is 8.78 Å². The first-order valence-corrected chi connectivity index (χ1v) is 14.7. The number of unbranched alkanes of at least 4 members (excludes halogenated alkanes) is 1. The third kappa shape index (κ3) is 5.65. The molecule has 0 radical (unpaired) electrons. The van der Waals surface area contributed by atoms with Gasteiger partial charge in [0.1, 0.15) is 11.9 Å². The minimum absolute atomic E-state index is 0.182. The van der Waals surface area contributed by atoms with Crippen molar-refractivity contribution in [3.63, 3.8) is 0 Å². The van der Waals surface area contributed by atoms with Crippen molar-refractivity contribution >= 4 is 0 Å². The lowest BCUT2D eigenvalue weighted by molar-refractivity contribution is 0.0544. The van der Waals surface area contributed by atoms with Crippen molar-refractivity contribution in [1.29, 1.82) is 0 Å². The van der Waals surface area contributed by atoms with Gasteiger partial charge in [0.05, 0.1) is 0 Å². The summed E-state index contributed by atoms with van der Waals surface area (Å²) in [6.07, 6.45) is 23.3. The van der Waals surface area contributed by atoms with Gasteiger partial charge >= 0.3 is 0 Å². The van der Waals surface area contributed by atoms with Crippen molar-refractivity contribution in [3.05, 3.63) is 29.3 Å². The first-order chi connectivity index (χ1) is 16.6. The summed E-state index contributed by atoms with van der Waals surface area (Å²) in [4.78, 5) is 0. The Morgan fingerprint density at radius 2 is 1.18 bits per heavy atom. The topological polar surface area (TPSA) is 9.23 Å². The van der Waals surface area contributed by atoms with Crippen LogP contribution in [0.25, 0.3) is 0 Å². The van der Waals surface area contributed by atoms with E-state index in [1.165, 1.54) is 108 Å². The van der Waals surface area contributed by atoms with Crippen LogP contribution in [0.15, 0.2) is 12.1 Å². The maximum absolute atomic E-state index is 13.7. The second kappa shape index (κ2) is 11.3. The van der Waals surface area contributed by atoms with E-state index < -0.39 is 11.6 Å². The molecule has 0 N–H and O–H groups in total. The zero-order valence-corrected chi connectivity index (χ0v) is 21.4. The van der Waals surface area contributed by atoms with Gasteiger partial charge in [0.15, 0.2) is 11.6 Å². The molecular formula is C31H46F2O. The molecule has 0 bridgehead atoms. The highest BCUT2D eigenvalue weighted by atomic mass is 19.2. The minimum atomic E-state index is -0.789. The van der Waals surface area contributed by atoms with Gasteiger partial charge in [0.25, 0.3) is 0 Å². The predicted octanol–water partition coefficient (Wildman–Crippen LogP) is 9.27. The summed E-state index contributed by atoms with van der Waals surface area (Å²) >= 11 is 0. The standard InChI is InChI=1S/C31H46F2O/c1-2-3-4-21-5-7-22(8-6-21)23-9-11-24(12-10-23)25-13-15-26(16-14-25)30-18-17-27-19-28(32)29(33)20-31(27)34-30/h19-26,30H,2-18H2,1H3. The normalized spacial score (nSPS) is 36.5. The Hall–Kier alpha value is -1.12. The van der Waals surface area contributed by atoms with E-state index in [0.717, 1.165) is 48.0 Å². The summed E-state index contributed by atoms with van der Waals surface area (Å²) < 4.78 is 33.4. The molecule has 0 aromatic heterocycles. The van der Waals surface area contributed by atoms with Crippen LogP contribution in [0.4, 0.5) is 8.78 Å². The number of benzene rings is 1. The van der Waals surface area contributed by atoms with Gasteiger partial charge in [0, 0.05) is 6.07 Å². The third-order valence-corrected chi connectivity index (χ3v) is 10.4. The van der Waals surface area contributed by atoms with E-state index in [-0.39, 0.29) is 6.10 Å². The zero-order valence-electron chi connectivity index (χ0n) is 21.4. The second-order valence-electron chi connectivity index (χ2n) is 12.3. The van der Waals surface area contributed by atoms with Gasteiger partial charge < -0.3 is 4.74 Å². The lowest BCUT2D eigenvalue weighted by atomic mass is 9.64. The van der Waals surface area contributed by atoms with E-state index >= 15 is 0 Å². The van der Waals surface area contributed by atoms with E-state index in [1.807, 2.05) is 0 Å². The van der Waals surface area contributed by atoms with Gasteiger partial charge in [-0.25, -0.2) is 8.78 Å². The van der Waals surface area contributed by atoms with Crippen molar-refractivity contribution in [2.24, 2.45) is 35.5 Å². The number of halogens is 2. The van der Waals surface area contributed by atoms with Crippen LogP contribution < -0.4 is 4.74 Å². The molecule has 0 spiro atoms. The van der Waals surface area contributed by atoms with Crippen LogP contribution in [0, 0.1) is 47.1 Å². The average Bonchev–Trinajstić information content (AvgIpc) is 2.88. The number of hydrogen-bond acceptors (Lipinski definition) is 1. The maximum atomic E-state index is 13.7. The molecule has 4 aliphatic rings. The molecule has 1 nitrogen and oxygen atoms in total. The van der Waals surface area contributed by atoms with Crippen LogP contribution in [-0.2, 0) is 6.42 Å². The lowest BCUT2D eigenvalue weighted by Crippen LogP contribution is -2.35. The molecule has 1 aromatic carbocycles. The summed E-state index contributed by atoms with van der Waals surface area (Å²) in [6, 6.07) is 2.59. The highest BCUT2D eigenvalue weighted by molar-refractivity contribution is 5.36. The molecule has 1 aliphatic heterocycles. The Balaban J connectivity index is 1.04. The van der Waals surface area contributed by atoms with Crippen molar-refractivity contribution < 1.29 is 13.5 Å². The number of hydrogen-bond donors (Lipinski definition) is 0. The SMILES string of the molecule is CCCCC1CCC(C2CCC(C3CCC(C4CCc5cc(F)c(F)cc5O4)CC3)CC2)CC1. The van der Waals surface area contributed by atoms with E-state index in [4.69, 9.17) is 4.74 Å². The molecular weight excluding hydrogens is 426 g/mol. The van der Waals surface area contributed by atoms with Gasteiger partial charge in [-0.2, -0.15) is 0 Å². The minimum Gasteiger partial charge on any atom is -0.490 e. The molecule has 34 heavy (non-hydrogen) atoms. The number of ether oxygens (including phenoxy) is 1. The predicted molar refractivity (Wildman–Crippen MR) is 135 cm³/mol. The van der Waals surface area contributed by atoms with Gasteiger partial charge in [-0.05, 0) is 124 Å². The third-order valence-electron chi connectivity index (χ3n) is 10.4. The molecule has 3 saturated carbocycles. The summed E-state index contributed by atoms with van der Waals surface area (Å²) in [5, 5.41) is 0. The quantitative estimate of drug-likeness (QED) is 0.401. The maximum Gasteiger partial charge on any atom is 0.162 e. The highest BCUT2D eigenvalue weighted by Crippen LogP contribution is 2.47. The molecule has 1 aromatic rings. The summed E-state index contributed by atoms with van der Waals surface area (Å²) in [7, 11) is 0. The Bertz CT molecular complexity index is 783. The van der Waals surface area contributed by atoms with Crippen molar-refractivity contribution in [2.75, 3.05) is 0 Å². The van der Waals surface area contributed by atoms with Crippen LogP contribution in [0.3, 0.4) is 0 Å². The molecule has 1 unspecified atom stereocenters. The van der Waals surface area contributed by atoms with Crippen LogP contribution in [-0.4, -0.2) is 6.10 Å². The Kier molecular flexibility index (Phi) is 8.16. The molecule has 3 aliphatic carbocycles. The lowest BCUT2D eigenvalue weighted by Gasteiger charge is -2.42. The van der Waals surface area contributed by atoms with Gasteiger partial charge in [-0.15, -0.1) is 0 Å². The van der Waals surface area contributed by atoms with Crippen LogP contribution in [0.2, 0.25) is 0 Å². The Morgan fingerprint density at radius 1 is 0.676 bits per heavy atom. The van der Waals surface area contributed by atoms with E-state index in [1.54, 1.807) is 0 Å². The molecule has 0 saturated heterocycles. The Labute approximate surface area is 206 Å². The Morgan fingerprint density at radius 3 is 1.74 bits per heavy atom. The van der Waals surface area contributed by atoms with Crippen molar-refractivity contribution in [3.8, 4) is 5.75 Å². The van der Waals surface area contributed by atoms with Crippen molar-refractivity contribution in [1.82, 2.24) is 0 Å². The molecule has 3 fully saturated rings. The van der Waals surface area contributed by atoms with Gasteiger partial charge in [-0.1, -0.05) is 39.0 Å². The number of rotatable bonds is 6. The molecule has 1 atom stereocenters. The first-order valence-electron chi connectivity index (χ1n) is 14.7. The summed E-state index contributed by atoms with van der Waals surface area (Å²) in [6.45, 7) is 2.32. The fraction of sp³-hybridized carbons (Fsp3) is 0.806. The zero-order chi connectivity index (χ0) is 23.5. The summed E-state index contributed by atoms with van der Waals surface area (Å²) in [5.41, 5.74) is 0.829. The molecule has 1 heterocycles. The number of fused-ring (bicyclic) bond motifs is 1. The van der Waals surface area contributed by atoms with Crippen LogP contribution >= 0.6 is 0 Å². The van der Waals surface area contributed by atoms with E-state index in [2.05, 4.69) is 6.92 Å². The fourth-order valence-corrected chi connectivity index (χ4v) is 8.24. The second-order valence-corrected chi connectivity index (χ2v) is 12.3. The molecule has 3 heteroatoms. The average molecular weight is 473 g/mol. The van der Waals surface area contributed by atoms with E-state index in [0.29, 0.717) is 11.7 Å². The molecule has 5 rings (SSSR count). The number of aryl methyl sites for hydroxylation is 1. The summed E-state index contributed by atoms with van der Waals surface area (Å²) in [5.74, 6) is 4.54. The fourth-order valence-electron chi connectivity index (χ4n) is 8.24. The van der Waals surface area contributed by atoms with Crippen LogP contribution in [0.5, 0.6) is 5.75 Å².